The summed E-state index contributed by atoms with van der Waals surface area (Å²) in [7, 11) is 0. The van der Waals surface area contributed by atoms with Crippen molar-refractivity contribution in [2.24, 2.45) is 0 Å². The highest BCUT2D eigenvalue weighted by molar-refractivity contribution is 5.99. The van der Waals surface area contributed by atoms with Crippen molar-refractivity contribution in [3.63, 3.8) is 0 Å². The summed E-state index contributed by atoms with van der Waals surface area (Å²) in [6.07, 6.45) is 0.109. The molecule has 0 saturated carbocycles. The largest absolute Gasteiger partial charge is 0.347 e. The van der Waals surface area contributed by atoms with Gasteiger partial charge in [0.2, 0.25) is 5.91 Å². The third-order valence-electron chi connectivity index (χ3n) is 3.92. The first-order chi connectivity index (χ1) is 11.9. The molecule has 1 aliphatic rings. The zero-order valence-electron chi connectivity index (χ0n) is 13.0. The minimum absolute atomic E-state index is 0.109. The van der Waals surface area contributed by atoms with E-state index in [0.717, 1.165) is 0 Å². The molecule has 25 heavy (non-hydrogen) atoms. The van der Waals surface area contributed by atoms with Crippen LogP contribution in [-0.2, 0) is 4.79 Å². The Hall–Kier alpha value is -3.29. The van der Waals surface area contributed by atoms with E-state index in [1.54, 1.807) is 0 Å². The zero-order chi connectivity index (χ0) is 18.0. The summed E-state index contributed by atoms with van der Waals surface area (Å²) in [6, 6.07) is 10.5. The van der Waals surface area contributed by atoms with Gasteiger partial charge in [-0.2, -0.15) is 0 Å². The van der Waals surface area contributed by atoms with Gasteiger partial charge in [-0.05, 0) is 30.3 Å². The van der Waals surface area contributed by atoms with Crippen molar-refractivity contribution in [1.29, 1.82) is 0 Å². The molecule has 1 fully saturated rings. The van der Waals surface area contributed by atoms with Crippen LogP contribution in [0.3, 0.4) is 0 Å². The van der Waals surface area contributed by atoms with Crippen LogP contribution in [0.1, 0.15) is 16.8 Å². The first kappa shape index (κ1) is 16.6. The summed E-state index contributed by atoms with van der Waals surface area (Å²) in [4.78, 5) is 36.1. The number of amides is 2. The number of anilines is 1. The molecule has 2 amide bonds. The maximum atomic E-state index is 13.0. The fourth-order valence-corrected chi connectivity index (χ4v) is 2.70. The van der Waals surface area contributed by atoms with Crippen molar-refractivity contribution < 1.29 is 18.9 Å². The molecule has 0 aromatic heterocycles. The fourth-order valence-electron chi connectivity index (χ4n) is 2.70. The second-order valence-corrected chi connectivity index (χ2v) is 5.66. The Balaban J connectivity index is 1.69. The molecule has 1 saturated heterocycles. The van der Waals surface area contributed by atoms with Gasteiger partial charge in [0.05, 0.1) is 11.0 Å². The van der Waals surface area contributed by atoms with E-state index in [1.165, 1.54) is 53.4 Å². The molecule has 0 aliphatic carbocycles. The molecule has 1 N–H and O–H groups in total. The number of carbonyl (C=O) groups excluding carboxylic acids is 2. The van der Waals surface area contributed by atoms with Gasteiger partial charge in [-0.25, -0.2) is 4.39 Å². The van der Waals surface area contributed by atoms with Crippen LogP contribution in [0.4, 0.5) is 15.8 Å². The number of rotatable bonds is 4. The number of nitro groups is 1. The average Bonchev–Trinajstić information content (AvgIpc) is 2.96. The molecule has 2 aromatic carbocycles. The summed E-state index contributed by atoms with van der Waals surface area (Å²) >= 11 is 0. The van der Waals surface area contributed by atoms with E-state index < -0.39 is 22.7 Å². The second-order valence-electron chi connectivity index (χ2n) is 5.66. The van der Waals surface area contributed by atoms with Gasteiger partial charge in [0.1, 0.15) is 5.82 Å². The predicted molar refractivity (Wildman–Crippen MR) is 87.7 cm³/mol. The molecule has 2 aromatic rings. The summed E-state index contributed by atoms with van der Waals surface area (Å²) in [5, 5.41) is 13.5. The van der Waals surface area contributed by atoms with Crippen LogP contribution < -0.4 is 10.2 Å². The monoisotopic (exact) mass is 343 g/mol. The average molecular weight is 343 g/mol. The van der Waals surface area contributed by atoms with Crippen molar-refractivity contribution in [3.8, 4) is 0 Å². The predicted octanol–water partition coefficient (Wildman–Crippen LogP) is 2.27. The van der Waals surface area contributed by atoms with E-state index in [-0.39, 0.29) is 30.1 Å². The molecule has 8 heteroatoms. The number of non-ortho nitro benzene ring substituents is 1. The molecule has 1 aliphatic heterocycles. The summed E-state index contributed by atoms with van der Waals surface area (Å²) < 4.78 is 13.0. The minimum Gasteiger partial charge on any atom is -0.347 e. The Morgan fingerprint density at radius 3 is 2.64 bits per heavy atom. The van der Waals surface area contributed by atoms with Crippen LogP contribution in [0.5, 0.6) is 0 Å². The maximum absolute atomic E-state index is 13.0. The summed E-state index contributed by atoms with van der Waals surface area (Å²) in [5.41, 5.74) is 0.531. The van der Waals surface area contributed by atoms with Crippen LogP contribution in [0.15, 0.2) is 48.5 Å². The van der Waals surface area contributed by atoms with Gasteiger partial charge in [-0.3, -0.25) is 19.7 Å². The first-order valence-corrected chi connectivity index (χ1v) is 7.55. The molecule has 128 valence electrons. The van der Waals surface area contributed by atoms with Crippen molar-refractivity contribution in [2.75, 3.05) is 11.4 Å². The number of nitrogens with zero attached hydrogens (tertiary/aromatic N) is 2. The number of hydrogen-bond acceptors (Lipinski definition) is 4. The Morgan fingerprint density at radius 2 is 1.96 bits per heavy atom. The number of nitrogens with one attached hydrogen (secondary N) is 1. The van der Waals surface area contributed by atoms with E-state index in [9.17, 15) is 24.1 Å². The Bertz CT molecular complexity index is 838. The lowest BCUT2D eigenvalue weighted by Gasteiger charge is -2.17. The van der Waals surface area contributed by atoms with Crippen molar-refractivity contribution >= 4 is 23.2 Å². The Morgan fingerprint density at radius 1 is 1.24 bits per heavy atom. The van der Waals surface area contributed by atoms with Crippen molar-refractivity contribution in [3.05, 3.63) is 70.0 Å². The topological polar surface area (TPSA) is 92.6 Å². The Kier molecular flexibility index (Phi) is 4.42. The zero-order valence-corrected chi connectivity index (χ0v) is 13.0. The molecular weight excluding hydrogens is 329 g/mol. The third-order valence-corrected chi connectivity index (χ3v) is 3.92. The van der Waals surface area contributed by atoms with Gasteiger partial charge >= 0.3 is 0 Å². The van der Waals surface area contributed by atoms with Gasteiger partial charge in [0.25, 0.3) is 11.6 Å². The molecule has 3 rings (SSSR count). The molecule has 0 spiro atoms. The smallest absolute Gasteiger partial charge is 0.270 e. The van der Waals surface area contributed by atoms with Crippen LogP contribution in [0.2, 0.25) is 0 Å². The van der Waals surface area contributed by atoms with Gasteiger partial charge in [-0.1, -0.05) is 6.07 Å². The van der Waals surface area contributed by atoms with Gasteiger partial charge < -0.3 is 10.2 Å². The normalized spacial score (nSPS) is 16.8. The molecule has 7 nitrogen and oxygen atoms in total. The fraction of sp³-hybridized carbons (Fsp3) is 0.176. The van der Waals surface area contributed by atoms with Crippen molar-refractivity contribution in [1.82, 2.24) is 5.32 Å². The van der Waals surface area contributed by atoms with Crippen LogP contribution >= 0.6 is 0 Å². The molecular formula is C17H14FN3O4. The second kappa shape index (κ2) is 6.68. The van der Waals surface area contributed by atoms with E-state index in [0.29, 0.717) is 5.69 Å². The van der Waals surface area contributed by atoms with E-state index in [4.69, 9.17) is 0 Å². The van der Waals surface area contributed by atoms with Gasteiger partial charge in [0.15, 0.2) is 0 Å². The number of carbonyl (C=O) groups is 2. The lowest BCUT2D eigenvalue weighted by molar-refractivity contribution is -0.384. The third kappa shape index (κ3) is 3.63. The molecule has 0 unspecified atom stereocenters. The summed E-state index contributed by atoms with van der Waals surface area (Å²) in [6.45, 7) is 0.255. The molecule has 1 atom stereocenters. The number of hydrogen-bond donors (Lipinski definition) is 1. The molecule has 0 radical (unpaired) electrons. The lowest BCUT2D eigenvalue weighted by atomic mass is 10.1. The van der Waals surface area contributed by atoms with Crippen LogP contribution in [0, 0.1) is 15.9 Å². The number of benzene rings is 2. The molecule has 1 heterocycles. The van der Waals surface area contributed by atoms with Crippen molar-refractivity contribution in [2.45, 2.75) is 12.5 Å². The first-order valence-electron chi connectivity index (χ1n) is 7.55. The van der Waals surface area contributed by atoms with Gasteiger partial charge in [0, 0.05) is 36.3 Å². The van der Waals surface area contributed by atoms with Crippen LogP contribution in [0.25, 0.3) is 0 Å². The standard InChI is InChI=1S/C17H14FN3O4/c18-12-4-6-14(7-5-12)20-10-13(9-16(20)22)19-17(23)11-2-1-3-15(8-11)21(24)25/h1-8,13H,9-10H2,(H,19,23)/t13-/m0/s1. The highest BCUT2D eigenvalue weighted by Crippen LogP contribution is 2.22. The summed E-state index contributed by atoms with van der Waals surface area (Å²) in [5.74, 6) is -1.07. The minimum atomic E-state index is -0.577. The van der Waals surface area contributed by atoms with E-state index >= 15 is 0 Å². The molecule has 0 bridgehead atoms. The number of halogens is 1. The maximum Gasteiger partial charge on any atom is 0.270 e. The Labute approximate surface area is 142 Å². The highest BCUT2D eigenvalue weighted by atomic mass is 19.1. The van der Waals surface area contributed by atoms with E-state index in [2.05, 4.69) is 5.32 Å². The van der Waals surface area contributed by atoms with E-state index in [1.807, 2.05) is 0 Å². The quantitative estimate of drug-likeness (QED) is 0.681. The highest BCUT2D eigenvalue weighted by Gasteiger charge is 2.31. The number of nitro benzene ring substituents is 1. The lowest BCUT2D eigenvalue weighted by Crippen LogP contribution is -2.37. The SMILES string of the molecule is O=C(N[C@H]1CC(=O)N(c2ccc(F)cc2)C1)c1cccc([N+](=O)[O-])c1. The van der Waals surface area contributed by atoms with Crippen LogP contribution in [-0.4, -0.2) is 29.3 Å². The van der Waals surface area contributed by atoms with Gasteiger partial charge in [-0.15, -0.1) is 0 Å².